The van der Waals surface area contributed by atoms with Gasteiger partial charge < -0.3 is 0 Å². The number of carbonyl (C=O) groups is 1. The van der Waals surface area contributed by atoms with Gasteiger partial charge in [-0.2, -0.15) is 0 Å². The molecule has 0 aliphatic heterocycles. The number of rotatable bonds is 4. The lowest BCUT2D eigenvalue weighted by Crippen LogP contribution is -1.95. The van der Waals surface area contributed by atoms with Crippen molar-refractivity contribution < 1.29 is 9.18 Å². The van der Waals surface area contributed by atoms with Crippen molar-refractivity contribution in [2.75, 3.05) is 0 Å². The molecular weight excluding hydrogens is 289 g/mol. The number of Topliss-reactive ketones (excluding diaryl/α,β-unsaturated/α-hetero) is 1. The molecule has 0 radical (unpaired) electrons. The Kier molecular flexibility index (Phi) is 5.22. The molecule has 0 heterocycles. The zero-order chi connectivity index (χ0) is 17.0. The van der Waals surface area contributed by atoms with E-state index in [2.05, 4.69) is 4.99 Å². The smallest absolute Gasteiger partial charge is 0.155 e. The Hall–Kier alpha value is -2.55. The van der Waals surface area contributed by atoms with Crippen LogP contribution in [0.2, 0.25) is 0 Å². The number of ketones is 1. The summed E-state index contributed by atoms with van der Waals surface area (Å²) in [7, 11) is 0. The Labute approximate surface area is 136 Å². The van der Waals surface area contributed by atoms with Crippen molar-refractivity contribution in [1.82, 2.24) is 0 Å². The van der Waals surface area contributed by atoms with E-state index in [4.69, 9.17) is 0 Å². The second-order valence-corrected chi connectivity index (χ2v) is 5.64. The first-order valence-electron chi connectivity index (χ1n) is 7.48. The monoisotopic (exact) mass is 309 g/mol. The van der Waals surface area contributed by atoms with Crippen LogP contribution in [-0.2, 0) is 4.79 Å². The zero-order valence-electron chi connectivity index (χ0n) is 13.9. The molecule has 2 rings (SSSR count). The van der Waals surface area contributed by atoms with Gasteiger partial charge in [0.05, 0.1) is 5.69 Å². The molecule has 0 amide bonds. The number of halogens is 1. The van der Waals surface area contributed by atoms with Gasteiger partial charge in [-0.25, -0.2) is 4.39 Å². The molecule has 2 nitrogen and oxygen atoms in total. The molecule has 0 unspecified atom stereocenters. The third kappa shape index (κ3) is 4.46. The highest BCUT2D eigenvalue weighted by molar-refractivity contribution is 6.03. The van der Waals surface area contributed by atoms with Gasteiger partial charge in [-0.3, -0.25) is 9.79 Å². The van der Waals surface area contributed by atoms with E-state index >= 15 is 0 Å². The van der Waals surface area contributed by atoms with Crippen LogP contribution in [0.4, 0.5) is 10.1 Å². The SMILES string of the molecule is CC(=O)/C(C)=C/C(C)=Nc1ccc(-c2ccc(F)cc2)cc1C. The van der Waals surface area contributed by atoms with Gasteiger partial charge in [0, 0.05) is 5.71 Å². The Morgan fingerprint density at radius 2 is 1.61 bits per heavy atom. The molecule has 0 N–H and O–H groups in total. The molecule has 2 aromatic carbocycles. The van der Waals surface area contributed by atoms with Gasteiger partial charge in [0.2, 0.25) is 0 Å². The number of benzene rings is 2. The maximum atomic E-state index is 13.0. The average Bonchev–Trinajstić information content (AvgIpc) is 2.50. The van der Waals surface area contributed by atoms with Crippen LogP contribution >= 0.6 is 0 Å². The fraction of sp³-hybridized carbons (Fsp3) is 0.200. The van der Waals surface area contributed by atoms with Crippen molar-refractivity contribution >= 4 is 17.2 Å². The van der Waals surface area contributed by atoms with E-state index in [-0.39, 0.29) is 11.6 Å². The number of aryl methyl sites for hydroxylation is 1. The summed E-state index contributed by atoms with van der Waals surface area (Å²) < 4.78 is 13.0. The lowest BCUT2D eigenvalue weighted by Gasteiger charge is -2.06. The molecule has 118 valence electrons. The summed E-state index contributed by atoms with van der Waals surface area (Å²) in [6.07, 6.45) is 1.79. The molecular formula is C20H20FNO. The van der Waals surface area contributed by atoms with Crippen molar-refractivity contribution in [3.63, 3.8) is 0 Å². The van der Waals surface area contributed by atoms with E-state index in [1.807, 2.05) is 32.0 Å². The maximum absolute atomic E-state index is 13.0. The topological polar surface area (TPSA) is 29.4 Å². The minimum Gasteiger partial charge on any atom is -0.295 e. The van der Waals surface area contributed by atoms with Gasteiger partial charge in [-0.1, -0.05) is 18.2 Å². The fourth-order valence-corrected chi connectivity index (χ4v) is 2.24. The van der Waals surface area contributed by atoms with Crippen LogP contribution in [0.3, 0.4) is 0 Å². The summed E-state index contributed by atoms with van der Waals surface area (Å²) in [5.41, 5.74) is 5.35. The van der Waals surface area contributed by atoms with Crippen LogP contribution in [0.15, 0.2) is 59.1 Å². The summed E-state index contributed by atoms with van der Waals surface area (Å²) in [5.74, 6) is -0.196. The normalized spacial score (nSPS) is 12.4. The highest BCUT2D eigenvalue weighted by Gasteiger charge is 2.03. The van der Waals surface area contributed by atoms with Crippen LogP contribution in [0.1, 0.15) is 26.3 Å². The van der Waals surface area contributed by atoms with Crippen LogP contribution in [-0.4, -0.2) is 11.5 Å². The molecule has 3 heteroatoms. The molecule has 0 atom stereocenters. The summed E-state index contributed by atoms with van der Waals surface area (Å²) in [4.78, 5) is 15.8. The van der Waals surface area contributed by atoms with E-state index in [9.17, 15) is 9.18 Å². The number of hydrogen-bond acceptors (Lipinski definition) is 2. The van der Waals surface area contributed by atoms with Gasteiger partial charge in [0.1, 0.15) is 5.82 Å². The van der Waals surface area contributed by atoms with Crippen molar-refractivity contribution in [3.05, 3.63) is 65.5 Å². The van der Waals surface area contributed by atoms with E-state index in [1.165, 1.54) is 12.1 Å². The minimum absolute atomic E-state index is 0.0444. The maximum Gasteiger partial charge on any atom is 0.155 e. The molecule has 0 saturated carbocycles. The molecule has 0 spiro atoms. The zero-order valence-corrected chi connectivity index (χ0v) is 13.9. The predicted octanol–water partition coefficient (Wildman–Crippen LogP) is 5.43. The van der Waals surface area contributed by atoms with Crippen LogP contribution in [0.25, 0.3) is 11.1 Å². The second-order valence-electron chi connectivity index (χ2n) is 5.64. The highest BCUT2D eigenvalue weighted by atomic mass is 19.1. The number of hydrogen-bond donors (Lipinski definition) is 0. The number of allylic oxidation sites excluding steroid dienone is 2. The van der Waals surface area contributed by atoms with Gasteiger partial charge in [0.15, 0.2) is 5.78 Å². The van der Waals surface area contributed by atoms with Crippen LogP contribution in [0, 0.1) is 12.7 Å². The minimum atomic E-state index is -0.241. The Balaban J connectivity index is 2.31. The van der Waals surface area contributed by atoms with Crippen LogP contribution in [0.5, 0.6) is 0 Å². The first-order valence-corrected chi connectivity index (χ1v) is 7.48. The Bertz CT molecular complexity index is 786. The molecule has 2 aromatic rings. The van der Waals surface area contributed by atoms with Gasteiger partial charge in [-0.15, -0.1) is 0 Å². The van der Waals surface area contributed by atoms with Gasteiger partial charge >= 0.3 is 0 Å². The third-order valence-electron chi connectivity index (χ3n) is 3.65. The molecule has 0 saturated heterocycles. The predicted molar refractivity (Wildman–Crippen MR) is 93.8 cm³/mol. The fourth-order valence-electron chi connectivity index (χ4n) is 2.24. The van der Waals surface area contributed by atoms with Crippen molar-refractivity contribution in [1.29, 1.82) is 0 Å². The number of nitrogens with zero attached hydrogens (tertiary/aromatic N) is 1. The first-order chi connectivity index (χ1) is 10.9. The summed E-state index contributed by atoms with van der Waals surface area (Å²) in [5, 5.41) is 0. The van der Waals surface area contributed by atoms with Crippen molar-refractivity contribution in [2.45, 2.75) is 27.7 Å². The molecule has 0 aromatic heterocycles. The number of aliphatic imine (C=N–C) groups is 1. The Morgan fingerprint density at radius 1 is 1.00 bits per heavy atom. The van der Waals surface area contributed by atoms with E-state index in [0.29, 0.717) is 5.57 Å². The van der Waals surface area contributed by atoms with E-state index in [1.54, 1.807) is 32.1 Å². The molecule has 0 aliphatic rings. The largest absolute Gasteiger partial charge is 0.295 e. The first kappa shape index (κ1) is 16.8. The molecule has 0 fully saturated rings. The standard InChI is InChI=1S/C20H20FNO/c1-13(16(4)23)11-15(3)22-20-10-7-18(12-14(20)2)17-5-8-19(21)9-6-17/h5-12H,1-4H3/b13-11+,22-15?. The lowest BCUT2D eigenvalue weighted by atomic mass is 10.0. The molecule has 23 heavy (non-hydrogen) atoms. The van der Waals surface area contributed by atoms with Crippen molar-refractivity contribution in [2.24, 2.45) is 4.99 Å². The highest BCUT2D eigenvalue weighted by Crippen LogP contribution is 2.27. The van der Waals surface area contributed by atoms with E-state index < -0.39 is 0 Å². The summed E-state index contributed by atoms with van der Waals surface area (Å²) >= 11 is 0. The van der Waals surface area contributed by atoms with Gasteiger partial charge in [-0.05, 0) is 80.3 Å². The Morgan fingerprint density at radius 3 is 2.17 bits per heavy atom. The van der Waals surface area contributed by atoms with Crippen LogP contribution < -0.4 is 0 Å². The van der Waals surface area contributed by atoms with Crippen molar-refractivity contribution in [3.8, 4) is 11.1 Å². The summed E-state index contributed by atoms with van der Waals surface area (Å²) in [6, 6.07) is 12.4. The second kappa shape index (κ2) is 7.14. The summed E-state index contributed by atoms with van der Waals surface area (Å²) in [6.45, 7) is 7.19. The van der Waals surface area contributed by atoms with E-state index in [0.717, 1.165) is 28.1 Å². The third-order valence-corrected chi connectivity index (χ3v) is 3.65. The number of carbonyl (C=O) groups excluding carboxylic acids is 1. The quantitative estimate of drug-likeness (QED) is 0.547. The average molecular weight is 309 g/mol. The lowest BCUT2D eigenvalue weighted by molar-refractivity contribution is -0.113. The van der Waals surface area contributed by atoms with Gasteiger partial charge in [0.25, 0.3) is 0 Å². The molecule has 0 bridgehead atoms. The molecule has 0 aliphatic carbocycles.